The molecule has 2 aliphatic rings. The average molecular weight is 646 g/mol. The third kappa shape index (κ3) is 7.26. The molecule has 250 valence electrons. The first kappa shape index (κ1) is 33.9. The zero-order valence-electron chi connectivity index (χ0n) is 28.3. The van der Waals surface area contributed by atoms with Crippen molar-refractivity contribution in [2.24, 2.45) is 0 Å². The number of benzene rings is 1. The Balaban J connectivity index is 1.63. The van der Waals surface area contributed by atoms with Gasteiger partial charge in [-0.3, -0.25) is 9.69 Å². The fourth-order valence-corrected chi connectivity index (χ4v) is 5.93. The zero-order valence-corrected chi connectivity index (χ0v) is 28.3. The number of pyridine rings is 1. The van der Waals surface area contributed by atoms with Crippen LogP contribution in [0, 0.1) is 11.3 Å². The molecule has 4 heterocycles. The number of ether oxygens (including phenoxy) is 3. The number of aliphatic hydroxyl groups is 1. The fraction of sp³-hybridized carbons (Fsp3) is 0.514. The Morgan fingerprint density at radius 2 is 1.66 bits per heavy atom. The molecule has 0 saturated carbocycles. The van der Waals surface area contributed by atoms with Gasteiger partial charge < -0.3 is 24.2 Å². The molecule has 3 aromatic rings. The molecule has 1 aromatic carbocycles. The van der Waals surface area contributed by atoms with E-state index in [1.807, 2.05) is 39.0 Å². The molecule has 47 heavy (non-hydrogen) atoms. The Morgan fingerprint density at radius 3 is 2.30 bits per heavy atom. The molecule has 1 unspecified atom stereocenters. The summed E-state index contributed by atoms with van der Waals surface area (Å²) < 4.78 is 18.4. The molecule has 0 bridgehead atoms. The smallest absolute Gasteiger partial charge is 0.420 e. The minimum Gasteiger partial charge on any atom is -0.444 e. The third-order valence-electron chi connectivity index (χ3n) is 7.99. The standard InChI is InChI=1S/C35H43N5O7/c1-33(2,3)46-31(42)39-11-12-45-20-28(39)26-14-22(13-21-9-10-38(19-27(21)26)30(41)35(7,8)44)23-15-25-24(16-36)18-40(29(25)37-17-23)32(43)47-34(4,5)6/h13-15,17-18,28,44H,9-12,19-20H2,1-8H3. The number of fused-ring (bicyclic) bond motifs is 2. The summed E-state index contributed by atoms with van der Waals surface area (Å²) >= 11 is 0. The fourth-order valence-electron chi connectivity index (χ4n) is 5.93. The number of amides is 2. The van der Waals surface area contributed by atoms with Crippen LogP contribution in [-0.2, 0) is 32.0 Å². The van der Waals surface area contributed by atoms with Gasteiger partial charge in [0.2, 0.25) is 0 Å². The highest BCUT2D eigenvalue weighted by molar-refractivity contribution is 5.93. The highest BCUT2D eigenvalue weighted by atomic mass is 16.6. The SMILES string of the molecule is CC(C)(C)OC(=O)N1CCOCC1c1cc(-c2cnc3c(c2)c(C#N)cn3C(=O)OC(C)(C)C)cc2c1CN(C(=O)C(C)(C)O)CC2. The Bertz CT molecular complexity index is 1770. The maximum Gasteiger partial charge on any atom is 0.420 e. The highest BCUT2D eigenvalue weighted by Crippen LogP contribution is 2.38. The van der Waals surface area contributed by atoms with Gasteiger partial charge in [0.25, 0.3) is 5.91 Å². The normalized spacial score (nSPS) is 17.2. The summed E-state index contributed by atoms with van der Waals surface area (Å²) in [5.41, 5.74) is 1.76. The second kappa shape index (κ2) is 12.3. The van der Waals surface area contributed by atoms with Crippen molar-refractivity contribution in [1.82, 2.24) is 19.4 Å². The van der Waals surface area contributed by atoms with E-state index in [4.69, 9.17) is 14.2 Å². The summed E-state index contributed by atoms with van der Waals surface area (Å²) in [7, 11) is 0. The first-order chi connectivity index (χ1) is 21.9. The summed E-state index contributed by atoms with van der Waals surface area (Å²) in [5, 5.41) is 20.9. The van der Waals surface area contributed by atoms with Crippen molar-refractivity contribution in [3.05, 3.63) is 52.8 Å². The monoisotopic (exact) mass is 645 g/mol. The van der Waals surface area contributed by atoms with Gasteiger partial charge in [0, 0.05) is 43.0 Å². The van der Waals surface area contributed by atoms with E-state index in [1.165, 1.54) is 24.6 Å². The van der Waals surface area contributed by atoms with Crippen molar-refractivity contribution in [1.29, 1.82) is 5.26 Å². The molecular formula is C35H43N5O7. The van der Waals surface area contributed by atoms with Gasteiger partial charge in [0.1, 0.15) is 22.9 Å². The molecule has 0 aliphatic carbocycles. The molecule has 12 heteroatoms. The molecule has 12 nitrogen and oxygen atoms in total. The van der Waals surface area contributed by atoms with Crippen LogP contribution in [-0.4, -0.2) is 85.7 Å². The highest BCUT2D eigenvalue weighted by Gasteiger charge is 2.37. The topological polar surface area (TPSA) is 147 Å². The number of rotatable bonds is 3. The number of carbonyl (C=O) groups excluding carboxylic acids is 3. The van der Waals surface area contributed by atoms with Crippen LogP contribution in [0.1, 0.15) is 83.7 Å². The quantitative estimate of drug-likeness (QED) is 0.400. The van der Waals surface area contributed by atoms with Crippen LogP contribution in [0.15, 0.2) is 30.6 Å². The van der Waals surface area contributed by atoms with Crippen molar-refractivity contribution in [2.75, 3.05) is 26.3 Å². The molecule has 1 fully saturated rings. The van der Waals surface area contributed by atoms with E-state index in [1.54, 1.807) is 36.8 Å². The van der Waals surface area contributed by atoms with Gasteiger partial charge in [-0.25, -0.2) is 19.1 Å². The Labute approximate surface area is 274 Å². The van der Waals surface area contributed by atoms with E-state index in [-0.39, 0.29) is 24.6 Å². The minimum atomic E-state index is -1.54. The number of carbonyl (C=O) groups is 3. The number of hydrogen-bond donors (Lipinski definition) is 1. The van der Waals surface area contributed by atoms with Gasteiger partial charge in [-0.1, -0.05) is 6.07 Å². The van der Waals surface area contributed by atoms with Crippen LogP contribution in [0.3, 0.4) is 0 Å². The molecule has 0 spiro atoms. The van der Waals surface area contributed by atoms with Crippen LogP contribution < -0.4 is 0 Å². The molecule has 1 N–H and O–H groups in total. The van der Waals surface area contributed by atoms with Crippen LogP contribution >= 0.6 is 0 Å². The molecular weight excluding hydrogens is 602 g/mol. The molecule has 2 aromatic heterocycles. The van der Waals surface area contributed by atoms with E-state index in [0.29, 0.717) is 42.7 Å². The maximum atomic E-state index is 13.5. The van der Waals surface area contributed by atoms with Crippen molar-refractivity contribution in [3.8, 4) is 17.2 Å². The third-order valence-corrected chi connectivity index (χ3v) is 7.99. The minimum absolute atomic E-state index is 0.225. The molecule has 0 radical (unpaired) electrons. The van der Waals surface area contributed by atoms with E-state index < -0.39 is 35.0 Å². The maximum absolute atomic E-state index is 13.5. The lowest BCUT2D eigenvalue weighted by Gasteiger charge is -2.40. The number of nitrogens with zero attached hydrogens (tertiary/aromatic N) is 5. The zero-order chi connectivity index (χ0) is 34.5. The van der Waals surface area contributed by atoms with E-state index >= 15 is 0 Å². The summed E-state index contributed by atoms with van der Waals surface area (Å²) in [6, 6.07) is 7.47. The van der Waals surface area contributed by atoms with Crippen molar-refractivity contribution in [2.45, 2.75) is 91.2 Å². The second-order valence-corrected chi connectivity index (χ2v) is 14.6. The van der Waals surface area contributed by atoms with Crippen LogP contribution in [0.4, 0.5) is 9.59 Å². The van der Waals surface area contributed by atoms with Gasteiger partial charge in [-0.15, -0.1) is 0 Å². The number of nitriles is 1. The van der Waals surface area contributed by atoms with E-state index in [9.17, 15) is 24.8 Å². The molecule has 2 aliphatic heterocycles. The molecule has 1 saturated heterocycles. The first-order valence-electron chi connectivity index (χ1n) is 15.8. The first-order valence-corrected chi connectivity index (χ1v) is 15.8. The second-order valence-electron chi connectivity index (χ2n) is 14.6. The largest absolute Gasteiger partial charge is 0.444 e. The van der Waals surface area contributed by atoms with Crippen molar-refractivity contribution in [3.63, 3.8) is 0 Å². The van der Waals surface area contributed by atoms with Gasteiger partial charge >= 0.3 is 12.2 Å². The lowest BCUT2D eigenvalue weighted by Crippen LogP contribution is -2.48. The number of hydrogen-bond acceptors (Lipinski definition) is 9. The van der Waals surface area contributed by atoms with Crippen molar-refractivity contribution >= 4 is 29.1 Å². The molecule has 2 amide bonds. The Kier molecular flexibility index (Phi) is 8.85. The molecule has 5 rings (SSSR count). The Morgan fingerprint density at radius 1 is 0.979 bits per heavy atom. The molecule has 1 atom stereocenters. The van der Waals surface area contributed by atoms with Gasteiger partial charge in [0.05, 0.1) is 24.8 Å². The van der Waals surface area contributed by atoms with Crippen LogP contribution in [0.5, 0.6) is 0 Å². The van der Waals surface area contributed by atoms with E-state index in [0.717, 1.165) is 22.3 Å². The van der Waals surface area contributed by atoms with Gasteiger partial charge in [-0.05, 0) is 96.2 Å². The van der Waals surface area contributed by atoms with Crippen LogP contribution in [0.25, 0.3) is 22.2 Å². The summed E-state index contributed by atoms with van der Waals surface area (Å²) in [5.74, 6) is -0.379. The lowest BCUT2D eigenvalue weighted by atomic mass is 9.86. The van der Waals surface area contributed by atoms with E-state index in [2.05, 4.69) is 11.1 Å². The van der Waals surface area contributed by atoms with Crippen LogP contribution in [0.2, 0.25) is 0 Å². The lowest BCUT2D eigenvalue weighted by molar-refractivity contribution is -0.148. The average Bonchev–Trinajstić information content (AvgIpc) is 3.36. The van der Waals surface area contributed by atoms with Gasteiger partial charge in [0.15, 0.2) is 5.65 Å². The van der Waals surface area contributed by atoms with Crippen molar-refractivity contribution < 1.29 is 33.7 Å². The predicted octanol–water partition coefficient (Wildman–Crippen LogP) is 5.32. The Hall–Kier alpha value is -4.47. The summed E-state index contributed by atoms with van der Waals surface area (Å²) in [6.45, 7) is 15.3. The predicted molar refractivity (Wildman–Crippen MR) is 173 cm³/mol. The van der Waals surface area contributed by atoms with Gasteiger partial charge in [-0.2, -0.15) is 5.26 Å². The summed E-state index contributed by atoms with van der Waals surface area (Å²) in [4.78, 5) is 47.4. The summed E-state index contributed by atoms with van der Waals surface area (Å²) in [6.07, 6.45) is 2.50. The number of morpholine rings is 1. The number of aromatic nitrogens is 2.